The number of amides is 4. The van der Waals surface area contributed by atoms with Gasteiger partial charge in [0, 0.05) is 24.5 Å². The number of rotatable bonds is 8. The molecule has 4 aromatic carbocycles. The van der Waals surface area contributed by atoms with Crippen molar-refractivity contribution in [3.63, 3.8) is 0 Å². The van der Waals surface area contributed by atoms with Crippen molar-refractivity contribution in [2.75, 3.05) is 28.6 Å². The maximum Gasteiger partial charge on any atom is 0.418 e. The minimum Gasteiger partial charge on any atom is -0.457 e. The molecule has 0 aliphatic heterocycles. The highest BCUT2D eigenvalue weighted by atomic mass is 19.4. The lowest BCUT2D eigenvalue weighted by Crippen LogP contribution is -2.42. The molecule has 0 aliphatic rings. The summed E-state index contributed by atoms with van der Waals surface area (Å²) in [5.41, 5.74) is 0.755. The summed E-state index contributed by atoms with van der Waals surface area (Å²) in [7, 11) is 0. The summed E-state index contributed by atoms with van der Waals surface area (Å²) in [6, 6.07) is 26.7. The highest BCUT2D eigenvalue weighted by molar-refractivity contribution is 6.02. The van der Waals surface area contributed by atoms with Crippen LogP contribution >= 0.6 is 0 Å². The van der Waals surface area contributed by atoms with Gasteiger partial charge in [-0.25, -0.2) is 9.59 Å². The van der Waals surface area contributed by atoms with Gasteiger partial charge < -0.3 is 20.7 Å². The Morgan fingerprint density at radius 2 is 1.48 bits per heavy atom. The summed E-state index contributed by atoms with van der Waals surface area (Å²) in [5.74, 6) is 1.22. The number of para-hydroxylation sites is 2. The monoisotopic (exact) mass is 548 g/mol. The van der Waals surface area contributed by atoms with Crippen LogP contribution in [0, 0.1) is 6.92 Å². The summed E-state index contributed by atoms with van der Waals surface area (Å²) in [5, 5.41) is 7.59. The lowest BCUT2D eigenvalue weighted by atomic mass is 10.1. The average molecular weight is 549 g/mol. The number of carbonyl (C=O) groups excluding carboxylic acids is 2. The number of halogens is 3. The van der Waals surface area contributed by atoms with E-state index < -0.39 is 23.8 Å². The number of hydrogen-bond acceptors (Lipinski definition) is 3. The smallest absolute Gasteiger partial charge is 0.418 e. The van der Waals surface area contributed by atoms with Gasteiger partial charge in [-0.05, 0) is 73.2 Å². The first-order valence-corrected chi connectivity index (χ1v) is 12.4. The fourth-order valence-corrected chi connectivity index (χ4v) is 3.87. The van der Waals surface area contributed by atoms with Crippen LogP contribution in [0.4, 0.5) is 39.8 Å². The van der Waals surface area contributed by atoms with Crippen molar-refractivity contribution >= 4 is 29.1 Å². The molecule has 0 saturated carbocycles. The quantitative estimate of drug-likeness (QED) is 0.211. The number of anilines is 3. The van der Waals surface area contributed by atoms with Crippen molar-refractivity contribution in [2.45, 2.75) is 13.1 Å². The highest BCUT2D eigenvalue weighted by Gasteiger charge is 2.33. The molecule has 0 spiro atoms. The fraction of sp³-hybridized carbons (Fsp3) is 0.133. The van der Waals surface area contributed by atoms with Gasteiger partial charge in [-0.3, -0.25) is 4.90 Å². The molecule has 40 heavy (non-hydrogen) atoms. The molecule has 0 fully saturated rings. The van der Waals surface area contributed by atoms with E-state index in [9.17, 15) is 22.8 Å². The van der Waals surface area contributed by atoms with E-state index in [1.54, 1.807) is 30.3 Å². The predicted octanol–water partition coefficient (Wildman–Crippen LogP) is 7.67. The van der Waals surface area contributed by atoms with Gasteiger partial charge in [0.05, 0.1) is 11.3 Å². The Hall–Kier alpha value is -4.99. The molecule has 0 unspecified atom stereocenters. The maximum atomic E-state index is 13.3. The van der Waals surface area contributed by atoms with Gasteiger partial charge in [0.1, 0.15) is 11.5 Å². The van der Waals surface area contributed by atoms with E-state index in [0.717, 1.165) is 11.6 Å². The SMILES string of the molecule is Cc1cccc(NC(=O)N(CCNC(=O)Nc2ccccc2C(F)(F)F)c2ccc(Oc3ccccc3)cc2)c1. The first-order chi connectivity index (χ1) is 19.2. The van der Waals surface area contributed by atoms with Crippen LogP contribution in [0.25, 0.3) is 0 Å². The van der Waals surface area contributed by atoms with E-state index in [4.69, 9.17) is 4.74 Å². The number of ether oxygens (including phenoxy) is 1. The van der Waals surface area contributed by atoms with Crippen LogP contribution in [0.2, 0.25) is 0 Å². The first-order valence-electron chi connectivity index (χ1n) is 12.4. The Morgan fingerprint density at radius 1 is 0.800 bits per heavy atom. The lowest BCUT2D eigenvalue weighted by Gasteiger charge is -2.24. The van der Waals surface area contributed by atoms with E-state index in [1.807, 2.05) is 55.5 Å². The van der Waals surface area contributed by atoms with Gasteiger partial charge in [0.2, 0.25) is 0 Å². The van der Waals surface area contributed by atoms with Gasteiger partial charge in [-0.15, -0.1) is 0 Å². The van der Waals surface area contributed by atoms with Crippen molar-refractivity contribution in [3.05, 3.63) is 114 Å². The molecule has 0 aromatic heterocycles. The van der Waals surface area contributed by atoms with Gasteiger partial charge in [-0.2, -0.15) is 13.2 Å². The Bertz CT molecular complexity index is 1440. The van der Waals surface area contributed by atoms with Gasteiger partial charge >= 0.3 is 18.2 Å². The standard InChI is InChI=1S/C30H27F3N4O3/c1-21-8-7-9-22(20-21)35-29(39)37(23-14-16-25(17-15-23)40-24-10-3-2-4-11-24)19-18-34-28(38)36-27-13-6-5-12-26(27)30(31,32)33/h2-17,20H,18-19H2,1H3,(H,35,39)(H2,34,36,38). The molecule has 4 amide bonds. The zero-order chi connectivity index (χ0) is 28.5. The molecular formula is C30H27F3N4O3. The number of carbonyl (C=O) groups is 2. The summed E-state index contributed by atoms with van der Waals surface area (Å²) in [4.78, 5) is 27.1. The third-order valence-electron chi connectivity index (χ3n) is 5.74. The Morgan fingerprint density at radius 3 is 2.17 bits per heavy atom. The Labute approximate surface area is 229 Å². The van der Waals surface area contributed by atoms with E-state index >= 15 is 0 Å². The molecule has 0 radical (unpaired) electrons. The molecule has 10 heteroatoms. The average Bonchev–Trinajstić information content (AvgIpc) is 2.92. The molecule has 0 saturated heterocycles. The third kappa shape index (κ3) is 7.76. The van der Waals surface area contributed by atoms with Crippen LogP contribution in [-0.4, -0.2) is 25.2 Å². The Balaban J connectivity index is 1.45. The van der Waals surface area contributed by atoms with E-state index in [1.165, 1.54) is 23.1 Å². The summed E-state index contributed by atoms with van der Waals surface area (Å²) < 4.78 is 45.6. The van der Waals surface area contributed by atoms with Gasteiger partial charge in [0.15, 0.2) is 0 Å². The highest BCUT2D eigenvalue weighted by Crippen LogP contribution is 2.34. The number of benzene rings is 4. The Kier molecular flexibility index (Phi) is 8.90. The molecule has 4 aromatic rings. The number of hydrogen-bond donors (Lipinski definition) is 3. The van der Waals surface area contributed by atoms with Crippen molar-refractivity contribution in [1.82, 2.24) is 5.32 Å². The van der Waals surface area contributed by atoms with Gasteiger partial charge in [0.25, 0.3) is 0 Å². The summed E-state index contributed by atoms with van der Waals surface area (Å²) in [6.45, 7) is 1.90. The second kappa shape index (κ2) is 12.7. The van der Waals surface area contributed by atoms with Crippen LogP contribution < -0.4 is 25.6 Å². The molecule has 3 N–H and O–H groups in total. The van der Waals surface area contributed by atoms with Crippen molar-refractivity contribution in [3.8, 4) is 11.5 Å². The van der Waals surface area contributed by atoms with E-state index in [2.05, 4.69) is 16.0 Å². The summed E-state index contributed by atoms with van der Waals surface area (Å²) in [6.07, 6.45) is -4.62. The van der Waals surface area contributed by atoms with Crippen LogP contribution in [0.15, 0.2) is 103 Å². The van der Waals surface area contributed by atoms with Crippen molar-refractivity contribution in [2.24, 2.45) is 0 Å². The molecule has 0 atom stereocenters. The number of aryl methyl sites for hydroxylation is 1. The van der Waals surface area contributed by atoms with Crippen LogP contribution in [0.1, 0.15) is 11.1 Å². The summed E-state index contributed by atoms with van der Waals surface area (Å²) >= 11 is 0. The topological polar surface area (TPSA) is 82.7 Å². The second-order valence-electron chi connectivity index (χ2n) is 8.78. The fourth-order valence-electron chi connectivity index (χ4n) is 3.87. The number of nitrogens with zero attached hydrogens (tertiary/aromatic N) is 1. The van der Waals surface area contributed by atoms with E-state index in [-0.39, 0.29) is 18.8 Å². The minimum absolute atomic E-state index is 0.0326. The first kappa shape index (κ1) is 28.0. The van der Waals surface area contributed by atoms with E-state index in [0.29, 0.717) is 22.9 Å². The molecule has 206 valence electrons. The number of alkyl halides is 3. The third-order valence-corrected chi connectivity index (χ3v) is 5.74. The normalized spacial score (nSPS) is 10.9. The van der Waals surface area contributed by atoms with Crippen LogP contribution in [0.3, 0.4) is 0 Å². The predicted molar refractivity (Wildman–Crippen MR) is 149 cm³/mol. The largest absolute Gasteiger partial charge is 0.457 e. The zero-order valence-electron chi connectivity index (χ0n) is 21.5. The van der Waals surface area contributed by atoms with Crippen LogP contribution in [0.5, 0.6) is 11.5 Å². The molecule has 7 nitrogen and oxygen atoms in total. The van der Waals surface area contributed by atoms with Crippen LogP contribution in [-0.2, 0) is 6.18 Å². The number of urea groups is 2. The lowest BCUT2D eigenvalue weighted by molar-refractivity contribution is -0.136. The van der Waals surface area contributed by atoms with Gasteiger partial charge in [-0.1, -0.05) is 42.5 Å². The molecule has 0 bridgehead atoms. The molecular weight excluding hydrogens is 521 g/mol. The van der Waals surface area contributed by atoms with Crippen molar-refractivity contribution in [1.29, 1.82) is 0 Å². The zero-order valence-corrected chi connectivity index (χ0v) is 21.5. The molecule has 0 heterocycles. The molecule has 4 rings (SSSR count). The minimum atomic E-state index is -4.62. The van der Waals surface area contributed by atoms with Crippen molar-refractivity contribution < 1.29 is 27.5 Å². The second-order valence-corrected chi connectivity index (χ2v) is 8.78. The number of nitrogens with one attached hydrogen (secondary N) is 3. The molecule has 0 aliphatic carbocycles. The maximum absolute atomic E-state index is 13.3.